The SMILES string of the molecule is COCCOCC(=O)N(CCN)C(C)C. The summed E-state index contributed by atoms with van der Waals surface area (Å²) in [6, 6.07) is 0.159. The van der Waals surface area contributed by atoms with E-state index in [0.29, 0.717) is 26.3 Å². The predicted octanol–water partition coefficient (Wildman–Crippen LogP) is -0.155. The lowest BCUT2D eigenvalue weighted by molar-refractivity contribution is -0.138. The van der Waals surface area contributed by atoms with Crippen molar-refractivity contribution in [1.82, 2.24) is 4.90 Å². The minimum Gasteiger partial charge on any atom is -0.382 e. The Bertz CT molecular complexity index is 174. The molecule has 0 rings (SSSR count). The van der Waals surface area contributed by atoms with E-state index in [-0.39, 0.29) is 18.6 Å². The molecule has 15 heavy (non-hydrogen) atoms. The van der Waals surface area contributed by atoms with E-state index < -0.39 is 0 Å². The molecule has 0 aliphatic heterocycles. The Hall–Kier alpha value is -0.650. The second-order valence-corrected chi connectivity index (χ2v) is 3.51. The highest BCUT2D eigenvalue weighted by Gasteiger charge is 2.15. The molecule has 0 saturated heterocycles. The monoisotopic (exact) mass is 218 g/mol. The van der Waals surface area contributed by atoms with Crippen molar-refractivity contribution in [1.29, 1.82) is 0 Å². The van der Waals surface area contributed by atoms with Gasteiger partial charge in [-0.3, -0.25) is 4.79 Å². The fourth-order valence-electron chi connectivity index (χ4n) is 1.19. The summed E-state index contributed by atoms with van der Waals surface area (Å²) in [5.74, 6) is -0.0217. The van der Waals surface area contributed by atoms with Crippen LogP contribution < -0.4 is 5.73 Å². The Labute approximate surface area is 91.5 Å². The number of hydrogen-bond donors (Lipinski definition) is 1. The van der Waals surface area contributed by atoms with Crippen LogP contribution in [0.15, 0.2) is 0 Å². The van der Waals surface area contributed by atoms with Crippen LogP contribution in [0.3, 0.4) is 0 Å². The number of nitrogens with two attached hydrogens (primary N) is 1. The van der Waals surface area contributed by atoms with Crippen molar-refractivity contribution in [3.8, 4) is 0 Å². The molecule has 0 aliphatic rings. The van der Waals surface area contributed by atoms with E-state index >= 15 is 0 Å². The van der Waals surface area contributed by atoms with Gasteiger partial charge in [-0.1, -0.05) is 0 Å². The zero-order valence-electron chi connectivity index (χ0n) is 9.86. The van der Waals surface area contributed by atoms with E-state index in [1.54, 1.807) is 12.0 Å². The molecule has 0 bridgehead atoms. The molecule has 0 aromatic heterocycles. The smallest absolute Gasteiger partial charge is 0.248 e. The maximum absolute atomic E-state index is 11.6. The minimum absolute atomic E-state index is 0.0217. The Morgan fingerprint density at radius 2 is 2.07 bits per heavy atom. The standard InChI is InChI=1S/C10H22N2O3/c1-9(2)12(5-4-11)10(13)8-15-7-6-14-3/h9H,4-8,11H2,1-3H3. The largest absolute Gasteiger partial charge is 0.382 e. The zero-order chi connectivity index (χ0) is 11.7. The van der Waals surface area contributed by atoms with Gasteiger partial charge in [0, 0.05) is 26.2 Å². The summed E-state index contributed by atoms with van der Waals surface area (Å²) < 4.78 is 9.97. The van der Waals surface area contributed by atoms with Gasteiger partial charge in [-0.15, -0.1) is 0 Å². The molecule has 0 fully saturated rings. The first-order valence-electron chi connectivity index (χ1n) is 5.19. The van der Waals surface area contributed by atoms with Crippen LogP contribution in [-0.4, -0.2) is 56.9 Å². The normalized spacial score (nSPS) is 10.7. The van der Waals surface area contributed by atoms with Crippen molar-refractivity contribution >= 4 is 5.91 Å². The molecule has 0 aliphatic carbocycles. The van der Waals surface area contributed by atoms with Gasteiger partial charge < -0.3 is 20.1 Å². The van der Waals surface area contributed by atoms with Gasteiger partial charge >= 0.3 is 0 Å². The molecule has 2 N–H and O–H groups in total. The molecule has 0 atom stereocenters. The van der Waals surface area contributed by atoms with Crippen molar-refractivity contribution in [2.24, 2.45) is 5.73 Å². The number of hydrogen-bond acceptors (Lipinski definition) is 4. The molecular formula is C10H22N2O3. The van der Waals surface area contributed by atoms with Gasteiger partial charge in [0.2, 0.25) is 5.91 Å². The number of methoxy groups -OCH3 is 1. The van der Waals surface area contributed by atoms with Crippen molar-refractivity contribution in [3.63, 3.8) is 0 Å². The number of amides is 1. The average molecular weight is 218 g/mol. The maximum Gasteiger partial charge on any atom is 0.248 e. The summed E-state index contributed by atoms with van der Waals surface area (Å²) in [6.07, 6.45) is 0. The summed E-state index contributed by atoms with van der Waals surface area (Å²) in [5, 5.41) is 0. The third kappa shape index (κ3) is 6.43. The van der Waals surface area contributed by atoms with E-state index in [1.807, 2.05) is 13.8 Å². The summed E-state index contributed by atoms with van der Waals surface area (Å²) in [7, 11) is 1.60. The van der Waals surface area contributed by atoms with Gasteiger partial charge in [0.1, 0.15) is 6.61 Å². The van der Waals surface area contributed by atoms with Crippen LogP contribution in [0.25, 0.3) is 0 Å². The van der Waals surface area contributed by atoms with Crippen LogP contribution in [0, 0.1) is 0 Å². The summed E-state index contributed by atoms with van der Waals surface area (Å²) in [4.78, 5) is 13.4. The van der Waals surface area contributed by atoms with E-state index in [4.69, 9.17) is 15.2 Å². The molecule has 90 valence electrons. The number of rotatable bonds is 8. The molecule has 1 amide bonds. The van der Waals surface area contributed by atoms with Crippen LogP contribution in [0.5, 0.6) is 0 Å². The second-order valence-electron chi connectivity index (χ2n) is 3.51. The second kappa shape index (κ2) is 8.64. The molecular weight excluding hydrogens is 196 g/mol. The number of carbonyl (C=O) groups is 1. The Kier molecular flexibility index (Phi) is 8.27. The van der Waals surface area contributed by atoms with Crippen LogP contribution in [-0.2, 0) is 14.3 Å². The van der Waals surface area contributed by atoms with Crippen LogP contribution in [0.1, 0.15) is 13.8 Å². The maximum atomic E-state index is 11.6. The van der Waals surface area contributed by atoms with Crippen molar-refractivity contribution < 1.29 is 14.3 Å². The highest BCUT2D eigenvalue weighted by atomic mass is 16.5. The van der Waals surface area contributed by atoms with Gasteiger partial charge in [-0.05, 0) is 13.8 Å². The molecule has 0 aromatic rings. The van der Waals surface area contributed by atoms with Crippen LogP contribution in [0.2, 0.25) is 0 Å². The van der Waals surface area contributed by atoms with Gasteiger partial charge in [0.15, 0.2) is 0 Å². The zero-order valence-corrected chi connectivity index (χ0v) is 9.86. The minimum atomic E-state index is -0.0217. The predicted molar refractivity (Wildman–Crippen MR) is 58.6 cm³/mol. The Morgan fingerprint density at radius 1 is 1.40 bits per heavy atom. The van der Waals surface area contributed by atoms with Gasteiger partial charge in [-0.2, -0.15) is 0 Å². The van der Waals surface area contributed by atoms with Crippen molar-refractivity contribution in [2.75, 3.05) is 40.0 Å². The topological polar surface area (TPSA) is 64.8 Å². The Balaban J connectivity index is 3.82. The van der Waals surface area contributed by atoms with E-state index in [1.165, 1.54) is 0 Å². The first-order chi connectivity index (χ1) is 7.13. The first-order valence-corrected chi connectivity index (χ1v) is 5.19. The van der Waals surface area contributed by atoms with E-state index in [9.17, 15) is 4.79 Å². The van der Waals surface area contributed by atoms with E-state index in [0.717, 1.165) is 0 Å². The lowest BCUT2D eigenvalue weighted by Gasteiger charge is -2.26. The van der Waals surface area contributed by atoms with Gasteiger partial charge in [-0.25, -0.2) is 0 Å². The van der Waals surface area contributed by atoms with Gasteiger partial charge in [0.25, 0.3) is 0 Å². The molecule has 0 spiro atoms. The van der Waals surface area contributed by atoms with Crippen LogP contribution in [0.4, 0.5) is 0 Å². The summed E-state index contributed by atoms with van der Waals surface area (Å²) in [6.45, 7) is 6.02. The molecule has 5 nitrogen and oxygen atoms in total. The van der Waals surface area contributed by atoms with Crippen molar-refractivity contribution in [3.05, 3.63) is 0 Å². The fraction of sp³-hybridized carbons (Fsp3) is 0.900. The lowest BCUT2D eigenvalue weighted by Crippen LogP contribution is -2.42. The summed E-state index contributed by atoms with van der Waals surface area (Å²) in [5.41, 5.74) is 5.43. The molecule has 0 radical (unpaired) electrons. The van der Waals surface area contributed by atoms with Crippen molar-refractivity contribution in [2.45, 2.75) is 19.9 Å². The quantitative estimate of drug-likeness (QED) is 0.575. The highest BCUT2D eigenvalue weighted by Crippen LogP contribution is 1.98. The molecule has 0 aromatic carbocycles. The first kappa shape index (κ1) is 14.3. The number of ether oxygens (including phenoxy) is 2. The average Bonchev–Trinajstić information content (AvgIpc) is 2.20. The third-order valence-electron chi connectivity index (χ3n) is 1.97. The van der Waals surface area contributed by atoms with E-state index in [2.05, 4.69) is 0 Å². The van der Waals surface area contributed by atoms with Crippen LogP contribution >= 0.6 is 0 Å². The lowest BCUT2D eigenvalue weighted by atomic mass is 10.3. The molecule has 5 heteroatoms. The summed E-state index contributed by atoms with van der Waals surface area (Å²) >= 11 is 0. The van der Waals surface area contributed by atoms with Gasteiger partial charge in [0.05, 0.1) is 13.2 Å². The third-order valence-corrected chi connectivity index (χ3v) is 1.97. The number of carbonyl (C=O) groups excluding carboxylic acids is 1. The highest BCUT2D eigenvalue weighted by molar-refractivity contribution is 5.77. The fourth-order valence-corrected chi connectivity index (χ4v) is 1.19. The Morgan fingerprint density at radius 3 is 2.53 bits per heavy atom. The molecule has 0 saturated carbocycles. The molecule has 0 unspecified atom stereocenters. The number of nitrogens with zero attached hydrogens (tertiary/aromatic N) is 1. The molecule has 0 heterocycles.